The lowest BCUT2D eigenvalue weighted by Crippen LogP contribution is -2.58. The summed E-state index contributed by atoms with van der Waals surface area (Å²) in [7, 11) is 1.51. The Labute approximate surface area is 170 Å². The minimum absolute atomic E-state index is 0.0685. The molecule has 2 rings (SSSR count). The smallest absolute Gasteiger partial charge is 0.317 e. The van der Waals surface area contributed by atoms with Crippen LogP contribution in [-0.4, -0.2) is 55.5 Å². The minimum Gasteiger partial charge on any atom is -0.497 e. The molecule has 4 atom stereocenters. The first-order chi connectivity index (χ1) is 13.8. The van der Waals surface area contributed by atoms with Gasteiger partial charge in [0, 0.05) is 12.5 Å². The molecule has 29 heavy (non-hydrogen) atoms. The van der Waals surface area contributed by atoms with Gasteiger partial charge in [-0.25, -0.2) is 0 Å². The molecule has 1 aromatic carbocycles. The van der Waals surface area contributed by atoms with Crippen LogP contribution < -0.4 is 4.74 Å². The number of Topliss-reactive ketones (excluding diaryl/α,β-unsaturated/α-hetero) is 1. The summed E-state index contributed by atoms with van der Waals surface area (Å²) in [6, 6.07) is 6.59. The zero-order valence-electron chi connectivity index (χ0n) is 17.2. The van der Waals surface area contributed by atoms with Gasteiger partial charge in [0.25, 0.3) is 0 Å². The molecule has 1 aromatic rings. The van der Waals surface area contributed by atoms with E-state index in [1.165, 1.54) is 7.11 Å². The highest BCUT2D eigenvalue weighted by atomic mass is 16.6. The molecule has 8 heteroatoms. The molecule has 8 nitrogen and oxygen atoms in total. The number of ketones is 1. The summed E-state index contributed by atoms with van der Waals surface area (Å²) in [6.45, 7) is 5.13. The molecule has 1 N–H and O–H groups in total. The van der Waals surface area contributed by atoms with Crippen molar-refractivity contribution in [2.24, 2.45) is 11.8 Å². The van der Waals surface area contributed by atoms with E-state index in [2.05, 4.69) is 0 Å². The van der Waals surface area contributed by atoms with Crippen LogP contribution in [0, 0.1) is 11.8 Å². The number of hydrogen-bond donors (Lipinski definition) is 1. The van der Waals surface area contributed by atoms with E-state index < -0.39 is 47.7 Å². The molecule has 1 aliphatic carbocycles. The first-order valence-electron chi connectivity index (χ1n) is 9.69. The topological polar surface area (TPSA) is 108 Å². The van der Waals surface area contributed by atoms with Gasteiger partial charge in [-0.15, -0.1) is 0 Å². The second-order valence-corrected chi connectivity index (χ2v) is 6.68. The van der Waals surface area contributed by atoms with Crippen LogP contribution in [0.25, 0.3) is 0 Å². The van der Waals surface area contributed by atoms with Crippen molar-refractivity contribution >= 4 is 17.7 Å². The predicted octanol–water partition coefficient (Wildman–Crippen LogP) is 1.84. The number of carbonyl (C=O) groups excluding carboxylic acids is 3. The molecular formula is C21H28O8. The zero-order chi connectivity index (χ0) is 21.6. The molecular weight excluding hydrogens is 380 g/mol. The van der Waals surface area contributed by atoms with Crippen LogP contribution in [0.15, 0.2) is 24.3 Å². The highest BCUT2D eigenvalue weighted by molar-refractivity contribution is 6.02. The average Bonchev–Trinajstić information content (AvgIpc) is 2.67. The Kier molecular flexibility index (Phi) is 7.75. The van der Waals surface area contributed by atoms with E-state index >= 15 is 0 Å². The predicted molar refractivity (Wildman–Crippen MR) is 102 cm³/mol. The van der Waals surface area contributed by atoms with E-state index in [1.807, 2.05) is 0 Å². The fraction of sp³-hybridized carbons (Fsp3) is 0.571. The number of esters is 2. The molecule has 0 bridgehead atoms. The Morgan fingerprint density at radius 3 is 2.14 bits per heavy atom. The Hall–Kier alpha value is -2.45. The van der Waals surface area contributed by atoms with E-state index in [4.69, 9.17) is 18.9 Å². The Balaban J connectivity index is 2.64. The molecule has 0 radical (unpaired) electrons. The Morgan fingerprint density at radius 2 is 1.62 bits per heavy atom. The van der Waals surface area contributed by atoms with Crippen molar-refractivity contribution in [3.63, 3.8) is 0 Å². The molecule has 0 aromatic heterocycles. The van der Waals surface area contributed by atoms with Crippen LogP contribution in [-0.2, 0) is 28.6 Å². The number of carbonyl (C=O) groups is 3. The van der Waals surface area contributed by atoms with Crippen molar-refractivity contribution in [3.8, 4) is 5.75 Å². The summed E-state index contributed by atoms with van der Waals surface area (Å²) < 4.78 is 20.9. The lowest BCUT2D eigenvalue weighted by atomic mass is 9.65. The molecule has 0 saturated heterocycles. The van der Waals surface area contributed by atoms with E-state index in [1.54, 1.807) is 45.0 Å². The van der Waals surface area contributed by atoms with Crippen LogP contribution in [0.5, 0.6) is 5.75 Å². The Morgan fingerprint density at radius 1 is 1.03 bits per heavy atom. The van der Waals surface area contributed by atoms with E-state index in [9.17, 15) is 19.5 Å². The third-order valence-electron chi connectivity index (χ3n) is 4.95. The third-order valence-corrected chi connectivity index (χ3v) is 4.95. The van der Waals surface area contributed by atoms with Gasteiger partial charge in [-0.1, -0.05) is 12.1 Å². The van der Waals surface area contributed by atoms with Crippen LogP contribution in [0.2, 0.25) is 0 Å². The molecule has 1 saturated carbocycles. The molecule has 160 valence electrons. The second-order valence-electron chi connectivity index (χ2n) is 6.68. The third kappa shape index (κ3) is 4.76. The van der Waals surface area contributed by atoms with E-state index in [-0.39, 0.29) is 19.8 Å². The van der Waals surface area contributed by atoms with Crippen molar-refractivity contribution in [1.82, 2.24) is 0 Å². The summed E-state index contributed by atoms with van der Waals surface area (Å²) in [6.07, 6.45) is -0.513. The first kappa shape index (κ1) is 22.8. The maximum Gasteiger partial charge on any atom is 0.317 e. The highest BCUT2D eigenvalue weighted by Crippen LogP contribution is 2.47. The van der Waals surface area contributed by atoms with Gasteiger partial charge in [0.1, 0.15) is 17.6 Å². The maximum absolute atomic E-state index is 12.9. The van der Waals surface area contributed by atoms with Gasteiger partial charge in [0.15, 0.2) is 11.6 Å². The number of aliphatic hydroxyl groups is 1. The zero-order valence-corrected chi connectivity index (χ0v) is 17.2. The van der Waals surface area contributed by atoms with Gasteiger partial charge < -0.3 is 24.1 Å². The minimum atomic E-state index is -2.09. The summed E-state index contributed by atoms with van der Waals surface area (Å²) >= 11 is 0. The van der Waals surface area contributed by atoms with Gasteiger partial charge in [-0.3, -0.25) is 14.4 Å². The molecule has 0 heterocycles. The first-order valence-corrected chi connectivity index (χ1v) is 9.69. The number of ether oxygens (including phenoxy) is 4. The molecule has 1 aliphatic rings. The summed E-state index contributed by atoms with van der Waals surface area (Å²) in [5.74, 6) is -7.14. The lowest BCUT2D eigenvalue weighted by Gasteiger charge is -2.44. The largest absolute Gasteiger partial charge is 0.497 e. The number of methoxy groups -OCH3 is 1. The fourth-order valence-electron chi connectivity index (χ4n) is 3.82. The number of benzene rings is 1. The number of rotatable bonds is 8. The van der Waals surface area contributed by atoms with E-state index in [0.717, 1.165) is 0 Å². The van der Waals surface area contributed by atoms with Crippen LogP contribution in [0.1, 0.15) is 38.7 Å². The average molecular weight is 408 g/mol. The molecule has 0 amide bonds. The van der Waals surface area contributed by atoms with Crippen molar-refractivity contribution < 1.29 is 38.4 Å². The fourth-order valence-corrected chi connectivity index (χ4v) is 3.82. The van der Waals surface area contributed by atoms with Crippen molar-refractivity contribution in [3.05, 3.63) is 29.8 Å². The van der Waals surface area contributed by atoms with Crippen LogP contribution in [0.4, 0.5) is 0 Å². The summed E-state index contributed by atoms with van der Waals surface area (Å²) in [4.78, 5) is 38.5. The summed E-state index contributed by atoms with van der Waals surface area (Å²) in [5, 5.41) is 11.1. The summed E-state index contributed by atoms with van der Waals surface area (Å²) in [5.41, 5.74) is 0.494. The lowest BCUT2D eigenvalue weighted by molar-refractivity contribution is -0.254. The van der Waals surface area contributed by atoms with E-state index in [0.29, 0.717) is 11.3 Å². The monoisotopic (exact) mass is 408 g/mol. The molecule has 0 spiro atoms. The SMILES string of the molecule is CCOC(=O)[C@H]1C(=O)C[C@](O)(OCC)[C@@H](C(=O)OCC)[C@@H]1c1ccc(OC)cc1. The second kappa shape index (κ2) is 9.84. The molecule has 0 aliphatic heterocycles. The van der Waals surface area contributed by atoms with Gasteiger partial charge in [-0.05, 0) is 38.5 Å². The number of hydrogen-bond acceptors (Lipinski definition) is 8. The highest BCUT2D eigenvalue weighted by Gasteiger charge is 2.60. The molecule has 1 fully saturated rings. The normalized spacial score (nSPS) is 26.7. The van der Waals surface area contributed by atoms with Crippen molar-refractivity contribution in [1.29, 1.82) is 0 Å². The standard InChI is InChI=1S/C21H28O8/c1-5-27-19(23)17-15(22)12-21(25,29-7-3)18(20(24)28-6-2)16(17)13-8-10-14(26-4)11-9-13/h8-11,16-18,25H,5-7,12H2,1-4H3/t16-,17+,18-,21+/m1/s1. The van der Waals surface area contributed by atoms with Crippen LogP contribution >= 0.6 is 0 Å². The van der Waals surface area contributed by atoms with Crippen LogP contribution in [0.3, 0.4) is 0 Å². The van der Waals surface area contributed by atoms with Gasteiger partial charge >= 0.3 is 11.9 Å². The maximum atomic E-state index is 12.9. The quantitative estimate of drug-likeness (QED) is 0.394. The Bertz CT molecular complexity index is 729. The van der Waals surface area contributed by atoms with Crippen molar-refractivity contribution in [2.75, 3.05) is 26.9 Å². The van der Waals surface area contributed by atoms with Gasteiger partial charge in [-0.2, -0.15) is 0 Å². The van der Waals surface area contributed by atoms with Gasteiger partial charge in [0.2, 0.25) is 0 Å². The van der Waals surface area contributed by atoms with Gasteiger partial charge in [0.05, 0.1) is 26.7 Å². The molecule has 0 unspecified atom stereocenters. The van der Waals surface area contributed by atoms with Crippen molar-refractivity contribution in [2.45, 2.75) is 38.9 Å².